The highest BCUT2D eigenvalue weighted by molar-refractivity contribution is 7.04. The SMILES string of the molecule is O=C1N(c2cnsc2)CCC12CCNCC2. The summed E-state index contributed by atoms with van der Waals surface area (Å²) < 4.78 is 4.07. The van der Waals surface area contributed by atoms with Crippen LogP contribution in [0.15, 0.2) is 11.6 Å². The van der Waals surface area contributed by atoms with Crippen LogP contribution in [-0.4, -0.2) is 29.9 Å². The smallest absolute Gasteiger partial charge is 0.233 e. The fraction of sp³-hybridized carbons (Fsp3) is 0.636. The first kappa shape index (κ1) is 10.2. The summed E-state index contributed by atoms with van der Waals surface area (Å²) >= 11 is 1.41. The number of anilines is 1. The van der Waals surface area contributed by atoms with E-state index >= 15 is 0 Å². The molecule has 2 fully saturated rings. The molecule has 1 amide bonds. The molecule has 2 saturated heterocycles. The predicted molar refractivity (Wildman–Crippen MR) is 63.6 cm³/mol. The maximum Gasteiger partial charge on any atom is 0.233 e. The summed E-state index contributed by atoms with van der Waals surface area (Å²) in [5.74, 6) is 0.314. The molecule has 1 N–H and O–H groups in total. The molecule has 2 aliphatic rings. The lowest BCUT2D eigenvalue weighted by Gasteiger charge is -2.31. The van der Waals surface area contributed by atoms with E-state index in [0.29, 0.717) is 5.91 Å². The number of nitrogens with zero attached hydrogens (tertiary/aromatic N) is 2. The van der Waals surface area contributed by atoms with Crippen molar-refractivity contribution in [2.45, 2.75) is 19.3 Å². The number of aromatic nitrogens is 1. The van der Waals surface area contributed by atoms with Gasteiger partial charge >= 0.3 is 0 Å². The maximum absolute atomic E-state index is 12.5. The van der Waals surface area contributed by atoms with Crippen molar-refractivity contribution in [1.82, 2.24) is 9.69 Å². The molecule has 1 aromatic heterocycles. The number of carbonyl (C=O) groups excluding carboxylic acids is 1. The Hall–Kier alpha value is -0.940. The maximum atomic E-state index is 12.5. The number of rotatable bonds is 1. The molecule has 2 aliphatic heterocycles. The minimum atomic E-state index is -0.0762. The van der Waals surface area contributed by atoms with Crippen LogP contribution < -0.4 is 10.2 Å². The third kappa shape index (κ3) is 1.46. The van der Waals surface area contributed by atoms with E-state index in [-0.39, 0.29) is 5.41 Å². The summed E-state index contributed by atoms with van der Waals surface area (Å²) in [5, 5.41) is 5.28. The van der Waals surface area contributed by atoms with E-state index in [0.717, 1.165) is 44.6 Å². The van der Waals surface area contributed by atoms with Crippen LogP contribution in [-0.2, 0) is 4.79 Å². The van der Waals surface area contributed by atoms with Gasteiger partial charge in [0.1, 0.15) is 0 Å². The van der Waals surface area contributed by atoms with Crippen LogP contribution in [0, 0.1) is 5.41 Å². The molecule has 0 aromatic carbocycles. The van der Waals surface area contributed by atoms with E-state index in [9.17, 15) is 4.79 Å². The van der Waals surface area contributed by atoms with Crippen LogP contribution in [0.2, 0.25) is 0 Å². The zero-order valence-electron chi connectivity index (χ0n) is 9.11. The minimum absolute atomic E-state index is 0.0762. The van der Waals surface area contributed by atoms with Crippen molar-refractivity contribution in [2.24, 2.45) is 5.41 Å². The molecular formula is C11H15N3OS. The zero-order valence-corrected chi connectivity index (χ0v) is 9.92. The molecule has 4 nitrogen and oxygen atoms in total. The largest absolute Gasteiger partial charge is 0.317 e. The summed E-state index contributed by atoms with van der Waals surface area (Å²) in [6, 6.07) is 0. The number of amides is 1. The van der Waals surface area contributed by atoms with Crippen molar-refractivity contribution in [3.63, 3.8) is 0 Å². The monoisotopic (exact) mass is 237 g/mol. The molecule has 1 aromatic rings. The Bertz CT molecular complexity index is 384. The van der Waals surface area contributed by atoms with E-state index in [1.165, 1.54) is 11.5 Å². The Morgan fingerprint density at radius 2 is 2.19 bits per heavy atom. The van der Waals surface area contributed by atoms with Gasteiger partial charge in [-0.3, -0.25) is 4.79 Å². The molecule has 0 unspecified atom stereocenters. The second-order valence-electron chi connectivity index (χ2n) is 4.62. The number of carbonyl (C=O) groups is 1. The van der Waals surface area contributed by atoms with E-state index in [4.69, 9.17) is 0 Å². The van der Waals surface area contributed by atoms with Crippen LogP contribution in [0.25, 0.3) is 0 Å². The van der Waals surface area contributed by atoms with E-state index in [1.807, 2.05) is 10.3 Å². The van der Waals surface area contributed by atoms with Crippen molar-refractivity contribution in [1.29, 1.82) is 0 Å². The molecule has 3 heterocycles. The number of hydrogen-bond donors (Lipinski definition) is 1. The fourth-order valence-electron chi connectivity index (χ4n) is 2.77. The van der Waals surface area contributed by atoms with E-state index < -0.39 is 0 Å². The average molecular weight is 237 g/mol. The zero-order chi connectivity index (χ0) is 11.0. The summed E-state index contributed by atoms with van der Waals surface area (Å²) in [7, 11) is 0. The lowest BCUT2D eigenvalue weighted by atomic mass is 9.78. The van der Waals surface area contributed by atoms with Crippen molar-refractivity contribution in [2.75, 3.05) is 24.5 Å². The molecule has 0 bridgehead atoms. The summed E-state index contributed by atoms with van der Waals surface area (Å²) in [6.45, 7) is 2.81. The van der Waals surface area contributed by atoms with Crippen LogP contribution >= 0.6 is 11.5 Å². The van der Waals surface area contributed by atoms with Gasteiger partial charge in [-0.1, -0.05) is 0 Å². The second kappa shape index (κ2) is 3.82. The van der Waals surface area contributed by atoms with Gasteiger partial charge in [0.2, 0.25) is 5.91 Å². The lowest BCUT2D eigenvalue weighted by molar-refractivity contribution is -0.126. The first-order chi connectivity index (χ1) is 7.82. The second-order valence-corrected chi connectivity index (χ2v) is 5.28. The number of hydrogen-bond acceptors (Lipinski definition) is 4. The molecule has 16 heavy (non-hydrogen) atoms. The lowest BCUT2D eigenvalue weighted by Crippen LogP contribution is -2.42. The highest BCUT2D eigenvalue weighted by Gasteiger charge is 2.47. The quantitative estimate of drug-likeness (QED) is 0.799. The van der Waals surface area contributed by atoms with Crippen LogP contribution in [0.5, 0.6) is 0 Å². The van der Waals surface area contributed by atoms with Gasteiger partial charge in [-0.25, -0.2) is 0 Å². The molecule has 0 atom stereocenters. The summed E-state index contributed by atoms with van der Waals surface area (Å²) in [4.78, 5) is 14.4. The van der Waals surface area contributed by atoms with E-state index in [1.54, 1.807) is 6.20 Å². The Morgan fingerprint density at radius 3 is 2.88 bits per heavy atom. The molecule has 0 saturated carbocycles. The van der Waals surface area contributed by atoms with Gasteiger partial charge in [-0.15, -0.1) is 0 Å². The van der Waals surface area contributed by atoms with Crippen LogP contribution in [0.3, 0.4) is 0 Å². The minimum Gasteiger partial charge on any atom is -0.317 e. The molecule has 3 rings (SSSR count). The number of nitrogens with one attached hydrogen (secondary N) is 1. The topological polar surface area (TPSA) is 45.2 Å². The van der Waals surface area contributed by atoms with Gasteiger partial charge in [0, 0.05) is 11.9 Å². The average Bonchev–Trinajstić information content (AvgIpc) is 2.92. The Balaban J connectivity index is 1.84. The van der Waals surface area contributed by atoms with Gasteiger partial charge in [0.05, 0.1) is 17.3 Å². The standard InChI is InChI=1S/C11H15N3OS/c15-10-11(1-4-12-5-2-11)3-6-14(10)9-7-13-16-8-9/h7-8,12H,1-6H2. The molecule has 5 heteroatoms. The van der Waals surface area contributed by atoms with Gasteiger partial charge < -0.3 is 10.2 Å². The molecule has 0 aliphatic carbocycles. The van der Waals surface area contributed by atoms with Gasteiger partial charge in [-0.2, -0.15) is 4.37 Å². The first-order valence-corrected chi connectivity index (χ1v) is 6.58. The molecular weight excluding hydrogens is 222 g/mol. The Morgan fingerprint density at radius 1 is 1.38 bits per heavy atom. The highest BCUT2D eigenvalue weighted by atomic mass is 32.1. The first-order valence-electron chi connectivity index (χ1n) is 5.74. The molecule has 0 radical (unpaired) electrons. The Kier molecular flexibility index (Phi) is 2.44. The van der Waals surface area contributed by atoms with Crippen molar-refractivity contribution >= 4 is 23.1 Å². The molecule has 86 valence electrons. The predicted octanol–water partition coefficient (Wildman–Crippen LogP) is 1.25. The van der Waals surface area contributed by atoms with E-state index in [2.05, 4.69) is 9.69 Å². The van der Waals surface area contributed by atoms with Crippen molar-refractivity contribution in [3.05, 3.63) is 11.6 Å². The third-order valence-electron chi connectivity index (χ3n) is 3.80. The normalized spacial score (nSPS) is 24.2. The van der Waals surface area contributed by atoms with Gasteiger partial charge in [0.25, 0.3) is 0 Å². The third-order valence-corrected chi connectivity index (χ3v) is 4.38. The highest BCUT2D eigenvalue weighted by Crippen LogP contribution is 2.41. The van der Waals surface area contributed by atoms with Crippen molar-refractivity contribution in [3.8, 4) is 0 Å². The van der Waals surface area contributed by atoms with Gasteiger partial charge in [0.15, 0.2) is 0 Å². The van der Waals surface area contributed by atoms with Crippen molar-refractivity contribution < 1.29 is 4.79 Å². The summed E-state index contributed by atoms with van der Waals surface area (Å²) in [6.07, 6.45) is 4.77. The Labute approximate surface area is 98.8 Å². The fourth-order valence-corrected chi connectivity index (χ4v) is 3.29. The summed E-state index contributed by atoms with van der Waals surface area (Å²) in [5.41, 5.74) is 0.901. The molecule has 1 spiro atoms. The van der Waals surface area contributed by atoms with Gasteiger partial charge in [-0.05, 0) is 43.9 Å². The van der Waals surface area contributed by atoms with Crippen LogP contribution in [0.4, 0.5) is 5.69 Å². The number of piperidine rings is 1. The van der Waals surface area contributed by atoms with Crippen LogP contribution in [0.1, 0.15) is 19.3 Å².